The Hall–Kier alpha value is -1.13. The molecule has 1 aromatic heterocycles. The van der Waals surface area contributed by atoms with Crippen molar-refractivity contribution in [2.75, 3.05) is 17.2 Å². The summed E-state index contributed by atoms with van der Waals surface area (Å²) in [6.45, 7) is 0. The fourth-order valence-electron chi connectivity index (χ4n) is 2.70. The van der Waals surface area contributed by atoms with Crippen LogP contribution in [-0.2, 0) is 7.05 Å². The van der Waals surface area contributed by atoms with Gasteiger partial charge in [-0.05, 0) is 47.5 Å². The molecule has 0 atom stereocenters. The first-order valence-corrected chi connectivity index (χ1v) is 8.35. The lowest BCUT2D eigenvalue weighted by Gasteiger charge is -2.23. The topological polar surface area (TPSA) is 43.8 Å². The smallest absolute Gasteiger partial charge is 0.129 e. The Morgan fingerprint density at radius 1 is 1.35 bits per heavy atom. The van der Waals surface area contributed by atoms with E-state index in [1.807, 2.05) is 24.9 Å². The summed E-state index contributed by atoms with van der Waals surface area (Å²) >= 11 is 8.53. The maximum Gasteiger partial charge on any atom is 0.129 e. The molecule has 0 bridgehead atoms. The lowest BCUT2D eigenvalue weighted by molar-refractivity contribution is 0.637. The first kappa shape index (κ1) is 13.8. The average molecular weight is 308 g/mol. The van der Waals surface area contributed by atoms with E-state index in [2.05, 4.69) is 17.2 Å². The predicted molar refractivity (Wildman–Crippen MR) is 87.4 cm³/mol. The van der Waals surface area contributed by atoms with Crippen molar-refractivity contribution in [3.8, 4) is 11.1 Å². The van der Waals surface area contributed by atoms with Gasteiger partial charge in [0.15, 0.2) is 0 Å². The summed E-state index contributed by atoms with van der Waals surface area (Å²) < 4.78 is 1.68. The van der Waals surface area contributed by atoms with Crippen molar-refractivity contribution in [3.63, 3.8) is 0 Å². The lowest BCUT2D eigenvalue weighted by Crippen LogP contribution is -2.08. The molecule has 0 amide bonds. The number of nitrogens with two attached hydrogens (primary N) is 1. The molecule has 1 fully saturated rings. The Morgan fingerprint density at radius 2 is 2.10 bits per heavy atom. The van der Waals surface area contributed by atoms with E-state index in [0.29, 0.717) is 11.7 Å². The molecule has 2 heterocycles. The summed E-state index contributed by atoms with van der Waals surface area (Å²) in [7, 11) is 1.84. The second-order valence-electron chi connectivity index (χ2n) is 5.19. The predicted octanol–water partition coefficient (Wildman–Crippen LogP) is 3.93. The second-order valence-corrected chi connectivity index (χ2v) is 6.82. The quantitative estimate of drug-likeness (QED) is 0.914. The third-order valence-corrected chi connectivity index (χ3v) is 5.33. The van der Waals surface area contributed by atoms with Crippen LogP contribution in [0.5, 0.6) is 0 Å². The number of halogens is 1. The zero-order valence-corrected chi connectivity index (χ0v) is 13.0. The van der Waals surface area contributed by atoms with Gasteiger partial charge in [0.2, 0.25) is 0 Å². The van der Waals surface area contributed by atoms with Crippen LogP contribution in [0.25, 0.3) is 11.1 Å². The van der Waals surface area contributed by atoms with Gasteiger partial charge in [0.1, 0.15) is 5.82 Å². The highest BCUT2D eigenvalue weighted by atomic mass is 35.5. The highest BCUT2D eigenvalue weighted by Gasteiger charge is 2.19. The second kappa shape index (κ2) is 5.70. The van der Waals surface area contributed by atoms with Gasteiger partial charge in [-0.25, -0.2) is 0 Å². The lowest BCUT2D eigenvalue weighted by atomic mass is 9.92. The van der Waals surface area contributed by atoms with Crippen molar-refractivity contribution in [3.05, 3.63) is 35.0 Å². The number of benzene rings is 1. The summed E-state index contributed by atoms with van der Waals surface area (Å²) in [4.78, 5) is 0. The minimum Gasteiger partial charge on any atom is -0.383 e. The van der Waals surface area contributed by atoms with E-state index in [1.54, 1.807) is 10.9 Å². The van der Waals surface area contributed by atoms with Gasteiger partial charge in [0.25, 0.3) is 0 Å². The largest absolute Gasteiger partial charge is 0.383 e. The van der Waals surface area contributed by atoms with E-state index in [-0.39, 0.29) is 0 Å². The van der Waals surface area contributed by atoms with Gasteiger partial charge in [-0.1, -0.05) is 23.7 Å². The number of nitrogen functional groups attached to an aromatic ring is 1. The van der Waals surface area contributed by atoms with Crippen molar-refractivity contribution in [1.29, 1.82) is 0 Å². The SMILES string of the molecule is Cn1ncc(-c2ccc(C3CCSCC3)c(Cl)c2)c1N. The van der Waals surface area contributed by atoms with E-state index in [0.717, 1.165) is 16.1 Å². The molecule has 106 valence electrons. The summed E-state index contributed by atoms with van der Waals surface area (Å²) in [5.74, 6) is 3.74. The zero-order chi connectivity index (χ0) is 14.1. The third kappa shape index (κ3) is 2.54. The Balaban J connectivity index is 1.92. The normalized spacial score (nSPS) is 16.5. The molecule has 5 heteroatoms. The first-order chi connectivity index (χ1) is 9.66. The number of rotatable bonds is 2. The minimum atomic E-state index is 0.601. The van der Waals surface area contributed by atoms with Crippen molar-refractivity contribution in [1.82, 2.24) is 9.78 Å². The molecule has 0 spiro atoms. The summed E-state index contributed by atoms with van der Waals surface area (Å²) in [5, 5.41) is 5.03. The maximum atomic E-state index is 6.50. The Morgan fingerprint density at radius 3 is 2.70 bits per heavy atom. The molecule has 1 aliphatic heterocycles. The molecule has 2 N–H and O–H groups in total. The Labute approximate surface area is 128 Å². The molecule has 1 saturated heterocycles. The Bertz CT molecular complexity index is 618. The van der Waals surface area contributed by atoms with E-state index in [4.69, 9.17) is 17.3 Å². The van der Waals surface area contributed by atoms with Gasteiger partial charge >= 0.3 is 0 Å². The highest BCUT2D eigenvalue weighted by molar-refractivity contribution is 7.99. The number of aryl methyl sites for hydroxylation is 1. The first-order valence-electron chi connectivity index (χ1n) is 6.82. The average Bonchev–Trinajstić information content (AvgIpc) is 2.80. The van der Waals surface area contributed by atoms with Crippen LogP contribution < -0.4 is 5.73 Å². The van der Waals surface area contributed by atoms with Gasteiger partial charge < -0.3 is 5.73 Å². The molecule has 0 unspecified atom stereocenters. The summed E-state index contributed by atoms with van der Waals surface area (Å²) in [5.41, 5.74) is 9.28. The maximum absolute atomic E-state index is 6.50. The van der Waals surface area contributed by atoms with Gasteiger partial charge in [0.05, 0.1) is 6.20 Å². The number of nitrogens with zero attached hydrogens (tertiary/aromatic N) is 2. The zero-order valence-electron chi connectivity index (χ0n) is 11.5. The van der Waals surface area contributed by atoms with Crippen LogP contribution >= 0.6 is 23.4 Å². The van der Waals surface area contributed by atoms with Crippen LogP contribution in [0.4, 0.5) is 5.82 Å². The van der Waals surface area contributed by atoms with Crippen molar-refractivity contribution < 1.29 is 0 Å². The van der Waals surface area contributed by atoms with Crippen molar-refractivity contribution >= 4 is 29.2 Å². The van der Waals surface area contributed by atoms with Crippen LogP contribution in [0.15, 0.2) is 24.4 Å². The Kier molecular flexibility index (Phi) is 3.94. The number of aromatic nitrogens is 2. The van der Waals surface area contributed by atoms with Crippen LogP contribution in [0.3, 0.4) is 0 Å². The number of hydrogen-bond acceptors (Lipinski definition) is 3. The van der Waals surface area contributed by atoms with Gasteiger partial charge in [-0.2, -0.15) is 16.9 Å². The number of anilines is 1. The molecule has 0 saturated carbocycles. The van der Waals surface area contributed by atoms with Crippen LogP contribution in [0, 0.1) is 0 Å². The molecular weight excluding hydrogens is 290 g/mol. The van der Waals surface area contributed by atoms with E-state index < -0.39 is 0 Å². The molecule has 3 nitrogen and oxygen atoms in total. The molecular formula is C15H18ClN3S. The van der Waals surface area contributed by atoms with Crippen LogP contribution in [-0.4, -0.2) is 21.3 Å². The van der Waals surface area contributed by atoms with Gasteiger partial charge in [0, 0.05) is 17.6 Å². The molecule has 1 aromatic carbocycles. The molecule has 0 radical (unpaired) electrons. The van der Waals surface area contributed by atoms with Crippen molar-refractivity contribution in [2.45, 2.75) is 18.8 Å². The fourth-order valence-corrected chi connectivity index (χ4v) is 4.15. The van der Waals surface area contributed by atoms with Gasteiger partial charge in [-0.3, -0.25) is 4.68 Å². The number of thioether (sulfide) groups is 1. The standard InChI is InChI=1S/C15H18ClN3S/c1-19-15(17)13(9-18-19)11-2-3-12(14(16)8-11)10-4-6-20-7-5-10/h2-3,8-10H,4-7,17H2,1H3. The van der Waals surface area contributed by atoms with E-state index >= 15 is 0 Å². The molecule has 3 rings (SSSR count). The van der Waals surface area contributed by atoms with Crippen LogP contribution in [0.1, 0.15) is 24.3 Å². The number of hydrogen-bond donors (Lipinski definition) is 1. The highest BCUT2D eigenvalue weighted by Crippen LogP contribution is 2.37. The van der Waals surface area contributed by atoms with Crippen molar-refractivity contribution in [2.24, 2.45) is 7.05 Å². The third-order valence-electron chi connectivity index (χ3n) is 3.96. The van der Waals surface area contributed by atoms with Gasteiger partial charge in [-0.15, -0.1) is 0 Å². The van der Waals surface area contributed by atoms with E-state index in [1.165, 1.54) is 29.9 Å². The fraction of sp³-hybridized carbons (Fsp3) is 0.400. The van der Waals surface area contributed by atoms with E-state index in [9.17, 15) is 0 Å². The summed E-state index contributed by atoms with van der Waals surface area (Å²) in [6, 6.07) is 6.28. The molecule has 1 aliphatic rings. The summed E-state index contributed by atoms with van der Waals surface area (Å²) in [6.07, 6.45) is 4.23. The minimum absolute atomic E-state index is 0.601. The van der Waals surface area contributed by atoms with Crippen LogP contribution in [0.2, 0.25) is 5.02 Å². The monoisotopic (exact) mass is 307 g/mol. The molecule has 2 aromatic rings. The molecule has 20 heavy (non-hydrogen) atoms. The molecule has 0 aliphatic carbocycles.